The minimum atomic E-state index is -5.48. The number of sulfonamides is 1. The van der Waals surface area contributed by atoms with Gasteiger partial charge in [-0.1, -0.05) is 6.07 Å². The molecule has 0 fully saturated rings. The van der Waals surface area contributed by atoms with Gasteiger partial charge in [0.25, 0.3) is 0 Å². The average Bonchev–Trinajstić information content (AvgIpc) is 3.58. The highest BCUT2D eigenvalue weighted by molar-refractivity contribution is 7.93. The maximum absolute atomic E-state index is 14.3. The van der Waals surface area contributed by atoms with Crippen molar-refractivity contribution in [1.29, 1.82) is 0 Å². The van der Waals surface area contributed by atoms with Crippen molar-refractivity contribution in [2.75, 3.05) is 18.9 Å². The lowest BCUT2D eigenvalue weighted by atomic mass is 9.98. The van der Waals surface area contributed by atoms with E-state index in [2.05, 4.69) is 30.0 Å². The van der Waals surface area contributed by atoms with Crippen LogP contribution < -0.4 is 14.2 Å². The smallest absolute Gasteiger partial charge is 0.426 e. The van der Waals surface area contributed by atoms with Gasteiger partial charge in [-0.15, -0.1) is 10.2 Å². The summed E-state index contributed by atoms with van der Waals surface area (Å²) in [6, 6.07) is 6.34. The Bertz CT molecular complexity index is 1620. The maximum Gasteiger partial charge on any atom is 0.426 e. The van der Waals surface area contributed by atoms with E-state index in [0.717, 1.165) is 12.4 Å². The molecule has 3 aromatic heterocycles. The first-order valence-corrected chi connectivity index (χ1v) is 13.6. The number of aromatic nitrogens is 7. The molecule has 0 amide bonds. The molecule has 13 nitrogen and oxygen atoms in total. The van der Waals surface area contributed by atoms with Gasteiger partial charge in [0.1, 0.15) is 28.1 Å². The zero-order valence-corrected chi connectivity index (χ0v) is 23.4. The predicted octanol–water partition coefficient (Wildman–Crippen LogP) is 2.85. The van der Waals surface area contributed by atoms with E-state index in [1.54, 1.807) is 35.1 Å². The fourth-order valence-corrected chi connectivity index (χ4v) is 5.26. The van der Waals surface area contributed by atoms with Crippen molar-refractivity contribution >= 4 is 16.0 Å². The highest BCUT2D eigenvalue weighted by Gasteiger charge is 2.64. The first kappa shape index (κ1) is 29.7. The Balaban J connectivity index is 1.90. The standard InChI is InChI=1S/C24H27F3N8O5S/c1-6-34-11-10-16(32-34)20-30-31-22(35(20)19-17(39-4)8-7-9-18(19)40-5)33-41(37,38)15(3)23(36,24(25,26)27)21-28-12-14(2)13-29-21/h7-13,15,36H,6H2,1-5H3,(H,31,33)/t15-,23?/m0/s1. The number of anilines is 1. The first-order valence-electron chi connectivity index (χ1n) is 12.1. The van der Waals surface area contributed by atoms with Gasteiger partial charge in [0, 0.05) is 25.1 Å². The monoisotopic (exact) mass is 596 g/mol. The molecule has 1 unspecified atom stereocenters. The van der Waals surface area contributed by atoms with Crippen LogP contribution in [0.3, 0.4) is 0 Å². The molecule has 4 aromatic rings. The van der Waals surface area contributed by atoms with Gasteiger partial charge < -0.3 is 14.6 Å². The minimum Gasteiger partial charge on any atom is -0.494 e. The van der Waals surface area contributed by atoms with Crippen LogP contribution in [0, 0.1) is 6.92 Å². The topological polar surface area (TPSA) is 159 Å². The number of benzene rings is 1. The Morgan fingerprint density at radius 2 is 1.68 bits per heavy atom. The van der Waals surface area contributed by atoms with E-state index in [0.29, 0.717) is 19.0 Å². The van der Waals surface area contributed by atoms with Crippen molar-refractivity contribution in [1.82, 2.24) is 34.5 Å². The molecule has 41 heavy (non-hydrogen) atoms. The molecule has 2 atom stereocenters. The Kier molecular flexibility index (Phi) is 7.95. The number of alkyl halides is 3. The lowest BCUT2D eigenvalue weighted by molar-refractivity contribution is -0.268. The molecular weight excluding hydrogens is 569 g/mol. The average molecular weight is 597 g/mol. The fourth-order valence-electron chi connectivity index (χ4n) is 4.01. The molecule has 220 valence electrons. The Labute approximate surface area is 233 Å². The lowest BCUT2D eigenvalue weighted by Gasteiger charge is -2.33. The van der Waals surface area contributed by atoms with Crippen LogP contribution in [0.15, 0.2) is 42.9 Å². The molecule has 0 aliphatic rings. The normalized spacial score (nSPS) is 14.4. The highest BCUT2D eigenvalue weighted by Crippen LogP contribution is 2.43. The van der Waals surface area contributed by atoms with Crippen LogP contribution in [0.5, 0.6) is 11.5 Å². The predicted molar refractivity (Wildman–Crippen MR) is 140 cm³/mol. The lowest BCUT2D eigenvalue weighted by Crippen LogP contribution is -2.55. The number of para-hydroxylation sites is 1. The summed E-state index contributed by atoms with van der Waals surface area (Å²) in [4.78, 5) is 7.15. The molecule has 0 saturated carbocycles. The SMILES string of the molecule is CCn1ccc(-c2nnc(NS(=O)(=O)[C@@H](C)C(O)(c3ncc(C)cn3)C(F)(F)F)n2-c2c(OC)cccc2OC)n1. The van der Waals surface area contributed by atoms with Gasteiger partial charge in [-0.2, -0.15) is 18.3 Å². The number of nitrogens with zero attached hydrogens (tertiary/aromatic N) is 7. The van der Waals surface area contributed by atoms with Gasteiger partial charge in [0.05, 0.1) is 14.2 Å². The molecule has 0 bridgehead atoms. The van der Waals surface area contributed by atoms with E-state index in [1.165, 1.54) is 25.7 Å². The largest absolute Gasteiger partial charge is 0.494 e. The number of rotatable bonds is 10. The quantitative estimate of drug-likeness (QED) is 0.279. The molecule has 0 aliphatic heterocycles. The van der Waals surface area contributed by atoms with Gasteiger partial charge in [-0.05, 0) is 44.5 Å². The number of hydrogen-bond acceptors (Lipinski definition) is 10. The van der Waals surface area contributed by atoms with Crippen LogP contribution in [0.25, 0.3) is 17.2 Å². The third kappa shape index (κ3) is 5.29. The van der Waals surface area contributed by atoms with Crippen LogP contribution in [0.4, 0.5) is 19.1 Å². The van der Waals surface area contributed by atoms with Gasteiger partial charge in [-0.25, -0.2) is 18.4 Å². The minimum absolute atomic E-state index is 0.0262. The molecule has 0 aliphatic carbocycles. The second kappa shape index (κ2) is 11.0. The molecule has 0 saturated heterocycles. The van der Waals surface area contributed by atoms with Crippen molar-refractivity contribution in [2.24, 2.45) is 0 Å². The fraction of sp³-hybridized carbons (Fsp3) is 0.375. The third-order valence-corrected chi connectivity index (χ3v) is 8.06. The van der Waals surface area contributed by atoms with Crippen molar-refractivity contribution < 1.29 is 36.2 Å². The van der Waals surface area contributed by atoms with Crippen molar-refractivity contribution in [3.05, 3.63) is 54.2 Å². The maximum atomic E-state index is 14.3. The van der Waals surface area contributed by atoms with Gasteiger partial charge in [-0.3, -0.25) is 14.0 Å². The van der Waals surface area contributed by atoms with E-state index >= 15 is 0 Å². The molecule has 1 aromatic carbocycles. The molecule has 2 N–H and O–H groups in total. The van der Waals surface area contributed by atoms with Gasteiger partial charge >= 0.3 is 6.18 Å². The summed E-state index contributed by atoms with van der Waals surface area (Å²) in [5, 5.41) is 20.7. The van der Waals surface area contributed by atoms with Crippen LogP contribution in [0.2, 0.25) is 0 Å². The van der Waals surface area contributed by atoms with Crippen molar-refractivity contribution in [2.45, 2.75) is 44.3 Å². The van der Waals surface area contributed by atoms with E-state index in [-0.39, 0.29) is 28.7 Å². The molecule has 17 heteroatoms. The molecule has 0 spiro atoms. The zero-order chi connectivity index (χ0) is 30.2. The summed E-state index contributed by atoms with van der Waals surface area (Å²) >= 11 is 0. The van der Waals surface area contributed by atoms with Gasteiger partial charge in [0.15, 0.2) is 11.6 Å². The van der Waals surface area contributed by atoms with E-state index in [1.807, 2.05) is 6.92 Å². The summed E-state index contributed by atoms with van der Waals surface area (Å²) in [5.41, 5.74) is -3.17. The van der Waals surface area contributed by atoms with E-state index < -0.39 is 38.8 Å². The summed E-state index contributed by atoms with van der Waals surface area (Å²) in [6.07, 6.45) is -1.74. The summed E-state index contributed by atoms with van der Waals surface area (Å²) in [5.74, 6) is -1.22. The van der Waals surface area contributed by atoms with Crippen LogP contribution >= 0.6 is 0 Å². The Morgan fingerprint density at radius 3 is 2.20 bits per heavy atom. The Hall–Kier alpha value is -4.25. The number of hydrogen-bond donors (Lipinski definition) is 2. The molecule has 0 radical (unpaired) electrons. The number of ether oxygens (including phenoxy) is 2. The first-order chi connectivity index (χ1) is 19.3. The van der Waals surface area contributed by atoms with Crippen LogP contribution in [-0.4, -0.2) is 73.7 Å². The zero-order valence-electron chi connectivity index (χ0n) is 22.6. The number of methoxy groups -OCH3 is 2. The van der Waals surface area contributed by atoms with E-state index in [9.17, 15) is 26.7 Å². The highest BCUT2D eigenvalue weighted by atomic mass is 32.2. The van der Waals surface area contributed by atoms with Crippen LogP contribution in [-0.2, 0) is 22.2 Å². The summed E-state index contributed by atoms with van der Waals surface area (Å²) < 4.78 is 85.8. The summed E-state index contributed by atoms with van der Waals surface area (Å²) in [7, 11) is -2.35. The van der Waals surface area contributed by atoms with Crippen molar-refractivity contribution in [3.8, 4) is 28.7 Å². The molecular formula is C24H27F3N8O5S. The van der Waals surface area contributed by atoms with Crippen molar-refractivity contribution in [3.63, 3.8) is 0 Å². The van der Waals surface area contributed by atoms with Crippen LogP contribution in [0.1, 0.15) is 25.2 Å². The number of aryl methyl sites for hydroxylation is 2. The number of nitrogens with one attached hydrogen (secondary N) is 1. The molecule has 3 heterocycles. The number of aliphatic hydroxyl groups is 1. The number of halogens is 3. The second-order valence-corrected chi connectivity index (χ2v) is 10.9. The second-order valence-electron chi connectivity index (χ2n) is 8.89. The third-order valence-electron chi connectivity index (χ3n) is 6.32. The summed E-state index contributed by atoms with van der Waals surface area (Å²) in [6.45, 7) is 4.58. The van der Waals surface area contributed by atoms with E-state index in [4.69, 9.17) is 9.47 Å². The Morgan fingerprint density at radius 1 is 1.07 bits per heavy atom. The van der Waals surface area contributed by atoms with Gasteiger partial charge in [0.2, 0.25) is 21.6 Å². The molecule has 4 rings (SSSR count).